The molecule has 2 aromatic rings. The summed E-state index contributed by atoms with van der Waals surface area (Å²) in [6.07, 6.45) is -0.691. The third-order valence-corrected chi connectivity index (χ3v) is 3.15. The number of hydrogen-bond acceptors (Lipinski definition) is 4. The largest absolute Gasteiger partial charge is 0.445 e. The summed E-state index contributed by atoms with van der Waals surface area (Å²) in [6, 6.07) is 17.9. The maximum atomic E-state index is 11.8. The van der Waals surface area contributed by atoms with Crippen molar-refractivity contribution in [2.75, 3.05) is 13.1 Å². The first-order chi connectivity index (χ1) is 11.6. The van der Waals surface area contributed by atoms with Gasteiger partial charge in [0.15, 0.2) is 5.78 Å². The topological polar surface area (TPSA) is 84.5 Å². The molecule has 0 saturated heterocycles. The fourth-order valence-corrected chi connectivity index (χ4v) is 1.89. The van der Waals surface area contributed by atoms with Crippen molar-refractivity contribution in [3.8, 4) is 0 Å². The molecule has 2 aromatic carbocycles. The van der Waals surface area contributed by atoms with Gasteiger partial charge in [-0.3, -0.25) is 9.59 Å². The number of nitrogens with one attached hydrogen (secondary N) is 2. The molecule has 0 heterocycles. The zero-order valence-corrected chi connectivity index (χ0v) is 13.0. The first-order valence-corrected chi connectivity index (χ1v) is 7.44. The SMILES string of the molecule is O=C(CNC(=O)OCc1ccccc1)NCC(=O)c1ccccc1. The summed E-state index contributed by atoms with van der Waals surface area (Å²) in [7, 11) is 0. The number of amides is 2. The number of carbonyl (C=O) groups is 3. The lowest BCUT2D eigenvalue weighted by atomic mass is 10.1. The van der Waals surface area contributed by atoms with E-state index >= 15 is 0 Å². The van der Waals surface area contributed by atoms with E-state index in [4.69, 9.17) is 4.74 Å². The summed E-state index contributed by atoms with van der Waals surface area (Å²) >= 11 is 0. The number of hydrogen-bond donors (Lipinski definition) is 2. The third kappa shape index (κ3) is 5.92. The normalized spacial score (nSPS) is 9.83. The molecular formula is C18H18N2O4. The van der Waals surface area contributed by atoms with Gasteiger partial charge in [-0.15, -0.1) is 0 Å². The van der Waals surface area contributed by atoms with Gasteiger partial charge < -0.3 is 15.4 Å². The Hall–Kier alpha value is -3.15. The Morgan fingerprint density at radius 2 is 1.42 bits per heavy atom. The number of rotatable bonds is 7. The second-order valence-corrected chi connectivity index (χ2v) is 4.98. The van der Waals surface area contributed by atoms with Gasteiger partial charge in [0.25, 0.3) is 0 Å². The number of carbonyl (C=O) groups excluding carboxylic acids is 3. The van der Waals surface area contributed by atoms with Gasteiger partial charge in [0.1, 0.15) is 13.2 Å². The highest BCUT2D eigenvalue weighted by Gasteiger charge is 2.09. The molecule has 124 valence electrons. The summed E-state index contributed by atoms with van der Waals surface area (Å²) in [6.45, 7) is -0.250. The molecule has 2 N–H and O–H groups in total. The van der Waals surface area contributed by atoms with E-state index in [1.807, 2.05) is 30.3 Å². The van der Waals surface area contributed by atoms with Crippen molar-refractivity contribution >= 4 is 17.8 Å². The minimum absolute atomic E-state index is 0.121. The van der Waals surface area contributed by atoms with Gasteiger partial charge in [-0.05, 0) is 5.56 Å². The van der Waals surface area contributed by atoms with E-state index in [9.17, 15) is 14.4 Å². The van der Waals surface area contributed by atoms with E-state index in [0.29, 0.717) is 5.56 Å². The smallest absolute Gasteiger partial charge is 0.407 e. The predicted octanol–water partition coefficient (Wildman–Crippen LogP) is 1.91. The van der Waals surface area contributed by atoms with Crippen molar-refractivity contribution in [3.05, 3.63) is 71.8 Å². The summed E-state index contributed by atoms with van der Waals surface area (Å²) in [5, 5.41) is 4.78. The van der Waals surface area contributed by atoms with Crippen LogP contribution in [0.15, 0.2) is 60.7 Å². The van der Waals surface area contributed by atoms with E-state index in [0.717, 1.165) is 5.56 Å². The lowest BCUT2D eigenvalue weighted by molar-refractivity contribution is -0.120. The molecule has 24 heavy (non-hydrogen) atoms. The molecule has 0 aliphatic rings. The summed E-state index contributed by atoms with van der Waals surface area (Å²) in [5.41, 5.74) is 1.37. The molecule has 0 aliphatic heterocycles. The van der Waals surface area contributed by atoms with Crippen molar-refractivity contribution < 1.29 is 19.1 Å². The number of ether oxygens (including phenoxy) is 1. The Labute approximate surface area is 139 Å². The van der Waals surface area contributed by atoms with Crippen LogP contribution in [0.4, 0.5) is 4.79 Å². The molecule has 2 amide bonds. The lowest BCUT2D eigenvalue weighted by Crippen LogP contribution is -2.39. The zero-order valence-electron chi connectivity index (χ0n) is 13.0. The highest BCUT2D eigenvalue weighted by Crippen LogP contribution is 2.00. The Bertz CT molecular complexity index is 687. The standard InChI is InChI=1S/C18H18N2O4/c21-16(15-9-5-2-6-10-15)11-19-17(22)12-20-18(23)24-13-14-7-3-1-4-8-14/h1-10H,11-13H2,(H,19,22)(H,20,23). The van der Waals surface area contributed by atoms with E-state index in [1.54, 1.807) is 30.3 Å². The molecule has 0 spiro atoms. The number of alkyl carbamates (subject to hydrolysis) is 1. The van der Waals surface area contributed by atoms with E-state index in [1.165, 1.54) is 0 Å². The molecule has 0 atom stereocenters. The van der Waals surface area contributed by atoms with E-state index in [2.05, 4.69) is 10.6 Å². The zero-order chi connectivity index (χ0) is 17.2. The van der Waals surface area contributed by atoms with Gasteiger partial charge in [0.2, 0.25) is 5.91 Å². The first-order valence-electron chi connectivity index (χ1n) is 7.44. The van der Waals surface area contributed by atoms with Crippen LogP contribution < -0.4 is 10.6 Å². The minimum atomic E-state index is -0.691. The van der Waals surface area contributed by atoms with E-state index < -0.39 is 12.0 Å². The van der Waals surface area contributed by atoms with Crippen LogP contribution in [-0.2, 0) is 16.1 Å². The Morgan fingerprint density at radius 3 is 2.08 bits per heavy atom. The molecule has 6 nitrogen and oxygen atoms in total. The monoisotopic (exact) mass is 326 g/mol. The highest BCUT2D eigenvalue weighted by atomic mass is 16.5. The molecule has 0 aromatic heterocycles. The van der Waals surface area contributed by atoms with Crippen LogP contribution in [0.25, 0.3) is 0 Å². The van der Waals surface area contributed by atoms with Gasteiger partial charge in [0.05, 0.1) is 6.54 Å². The Kier molecular flexibility index (Phi) is 6.52. The molecule has 0 radical (unpaired) electrons. The van der Waals surface area contributed by atoms with Crippen LogP contribution in [0, 0.1) is 0 Å². The second-order valence-electron chi connectivity index (χ2n) is 4.98. The molecule has 0 aliphatic carbocycles. The van der Waals surface area contributed by atoms with Crippen LogP contribution in [0.1, 0.15) is 15.9 Å². The summed E-state index contributed by atoms with van der Waals surface area (Å²) < 4.78 is 4.98. The molecule has 2 rings (SSSR count). The van der Waals surface area contributed by atoms with Gasteiger partial charge in [0, 0.05) is 5.56 Å². The van der Waals surface area contributed by atoms with Gasteiger partial charge in [-0.1, -0.05) is 60.7 Å². The van der Waals surface area contributed by atoms with Crippen LogP contribution in [0.5, 0.6) is 0 Å². The van der Waals surface area contributed by atoms with Gasteiger partial charge >= 0.3 is 6.09 Å². The van der Waals surface area contributed by atoms with Gasteiger partial charge in [-0.2, -0.15) is 0 Å². The number of Topliss-reactive ketones (excluding diaryl/α,β-unsaturated/α-hetero) is 1. The first kappa shape index (κ1) is 17.2. The Morgan fingerprint density at radius 1 is 0.792 bits per heavy atom. The van der Waals surface area contributed by atoms with Crippen LogP contribution in [0.2, 0.25) is 0 Å². The molecule has 6 heteroatoms. The van der Waals surface area contributed by atoms with Crippen molar-refractivity contribution in [3.63, 3.8) is 0 Å². The maximum absolute atomic E-state index is 11.8. The van der Waals surface area contributed by atoms with Crippen LogP contribution >= 0.6 is 0 Å². The molecular weight excluding hydrogens is 308 g/mol. The predicted molar refractivity (Wildman–Crippen MR) is 88.4 cm³/mol. The second kappa shape index (κ2) is 9.09. The quantitative estimate of drug-likeness (QED) is 0.761. The molecule has 0 bridgehead atoms. The minimum Gasteiger partial charge on any atom is -0.445 e. The lowest BCUT2D eigenvalue weighted by Gasteiger charge is -2.08. The highest BCUT2D eigenvalue weighted by molar-refractivity contribution is 5.99. The van der Waals surface area contributed by atoms with Crippen molar-refractivity contribution in [2.45, 2.75) is 6.61 Å². The average molecular weight is 326 g/mol. The fourth-order valence-electron chi connectivity index (χ4n) is 1.89. The average Bonchev–Trinajstić information content (AvgIpc) is 2.64. The third-order valence-electron chi connectivity index (χ3n) is 3.15. The van der Waals surface area contributed by atoms with Crippen molar-refractivity contribution in [1.29, 1.82) is 0 Å². The van der Waals surface area contributed by atoms with Crippen molar-refractivity contribution in [2.24, 2.45) is 0 Å². The van der Waals surface area contributed by atoms with Crippen molar-refractivity contribution in [1.82, 2.24) is 10.6 Å². The molecule has 0 fully saturated rings. The van der Waals surface area contributed by atoms with Gasteiger partial charge in [-0.25, -0.2) is 4.79 Å². The van der Waals surface area contributed by atoms with E-state index in [-0.39, 0.29) is 25.5 Å². The van der Waals surface area contributed by atoms with Crippen LogP contribution in [0.3, 0.4) is 0 Å². The number of ketones is 1. The van der Waals surface area contributed by atoms with Crippen LogP contribution in [-0.4, -0.2) is 30.9 Å². The maximum Gasteiger partial charge on any atom is 0.407 e. The summed E-state index contributed by atoms with van der Waals surface area (Å²) in [5.74, 6) is -0.661. The molecule has 0 unspecified atom stereocenters. The number of benzene rings is 2. The fraction of sp³-hybridized carbons (Fsp3) is 0.167. The Balaban J connectivity index is 1.64. The molecule has 0 saturated carbocycles. The summed E-state index contributed by atoms with van der Waals surface area (Å²) in [4.78, 5) is 34.9.